The molecule has 0 atom stereocenters. The molecule has 7 nitrogen and oxygen atoms in total. The smallest absolute Gasteiger partial charge is 0.251 e. The van der Waals surface area contributed by atoms with Gasteiger partial charge in [-0.05, 0) is 29.3 Å². The van der Waals surface area contributed by atoms with Crippen LogP contribution in [0, 0.1) is 0 Å². The van der Waals surface area contributed by atoms with Crippen LogP contribution in [0.5, 0.6) is 0 Å². The van der Waals surface area contributed by atoms with Gasteiger partial charge in [-0.25, -0.2) is 13.4 Å². The molecule has 0 saturated carbocycles. The van der Waals surface area contributed by atoms with Crippen molar-refractivity contribution in [1.82, 2.24) is 4.98 Å². The summed E-state index contributed by atoms with van der Waals surface area (Å²) < 4.78 is 26.0. The van der Waals surface area contributed by atoms with Gasteiger partial charge in [0.05, 0.1) is 21.7 Å². The van der Waals surface area contributed by atoms with Crippen molar-refractivity contribution in [2.24, 2.45) is 5.73 Å². The van der Waals surface area contributed by atoms with Crippen LogP contribution in [0.3, 0.4) is 0 Å². The fraction of sp³-hybridized carbons (Fsp3) is 0.125. The number of rotatable bonds is 2. The molecule has 3 heterocycles. The van der Waals surface area contributed by atoms with E-state index in [1.807, 2.05) is 18.2 Å². The molecule has 1 aliphatic heterocycles. The Hall–Kier alpha value is -2.65. The topological polar surface area (TPSA) is 119 Å². The number of nitrogens with two attached hydrogens (primary N) is 2. The number of thiophene rings is 1. The molecular formula is C16H14N4O3S2. The van der Waals surface area contributed by atoms with Crippen LogP contribution in [0.2, 0.25) is 0 Å². The molecule has 0 bridgehead atoms. The molecule has 0 unspecified atom stereocenters. The van der Waals surface area contributed by atoms with Crippen molar-refractivity contribution >= 4 is 48.9 Å². The third kappa shape index (κ3) is 2.35. The minimum absolute atomic E-state index is 0.0200. The molecule has 0 saturated heterocycles. The monoisotopic (exact) mass is 374 g/mol. The largest absolute Gasteiger partial charge is 0.383 e. The first-order valence-electron chi connectivity index (χ1n) is 7.35. The predicted octanol–water partition coefficient (Wildman–Crippen LogP) is 1.92. The van der Waals surface area contributed by atoms with Gasteiger partial charge in [0.2, 0.25) is 10.0 Å². The minimum Gasteiger partial charge on any atom is -0.383 e. The quantitative estimate of drug-likeness (QED) is 0.710. The molecule has 1 amide bonds. The molecule has 0 radical (unpaired) electrons. The van der Waals surface area contributed by atoms with Gasteiger partial charge in [0.1, 0.15) is 5.82 Å². The molecular weight excluding hydrogens is 360 g/mol. The van der Waals surface area contributed by atoms with Crippen molar-refractivity contribution in [3.8, 4) is 10.4 Å². The second-order valence-electron chi connectivity index (χ2n) is 5.84. The van der Waals surface area contributed by atoms with Gasteiger partial charge >= 0.3 is 0 Å². The summed E-state index contributed by atoms with van der Waals surface area (Å²) in [5.74, 6) is -0.258. The lowest BCUT2D eigenvalue weighted by Crippen LogP contribution is -2.20. The van der Waals surface area contributed by atoms with Crippen LogP contribution in [0.4, 0.5) is 11.5 Å². The Morgan fingerprint density at radius 2 is 2.08 bits per heavy atom. The number of hydrogen-bond acceptors (Lipinski definition) is 6. The van der Waals surface area contributed by atoms with E-state index in [2.05, 4.69) is 4.98 Å². The molecule has 3 aromatic rings. The van der Waals surface area contributed by atoms with Crippen molar-refractivity contribution in [1.29, 1.82) is 0 Å². The SMILES string of the molecule is CN1c2ccc(-c3cc4c(N)ncc(C(N)=O)c4s3)cc2CS1(=O)=O. The average molecular weight is 374 g/mol. The Bertz CT molecular complexity index is 1150. The Morgan fingerprint density at radius 1 is 1.32 bits per heavy atom. The summed E-state index contributed by atoms with van der Waals surface area (Å²) in [4.78, 5) is 16.5. The Kier molecular flexibility index (Phi) is 3.28. The van der Waals surface area contributed by atoms with E-state index in [0.29, 0.717) is 27.2 Å². The van der Waals surface area contributed by atoms with E-state index >= 15 is 0 Å². The number of sulfonamides is 1. The van der Waals surface area contributed by atoms with Crippen LogP contribution in [0.25, 0.3) is 20.5 Å². The van der Waals surface area contributed by atoms with Gasteiger partial charge in [0, 0.05) is 23.5 Å². The lowest BCUT2D eigenvalue weighted by molar-refractivity contribution is 0.100. The molecule has 1 aliphatic rings. The fourth-order valence-electron chi connectivity index (χ4n) is 2.97. The van der Waals surface area contributed by atoms with E-state index in [9.17, 15) is 13.2 Å². The number of carbonyl (C=O) groups excluding carboxylic acids is 1. The van der Waals surface area contributed by atoms with E-state index in [1.165, 1.54) is 21.8 Å². The van der Waals surface area contributed by atoms with Crippen molar-refractivity contribution in [3.05, 3.63) is 41.6 Å². The first-order valence-corrected chi connectivity index (χ1v) is 9.78. The highest BCUT2D eigenvalue weighted by Crippen LogP contribution is 2.40. The third-order valence-corrected chi connectivity index (χ3v) is 7.23. The average Bonchev–Trinajstić information content (AvgIpc) is 3.08. The van der Waals surface area contributed by atoms with Gasteiger partial charge in [0.15, 0.2) is 0 Å². The fourth-order valence-corrected chi connectivity index (χ4v) is 5.44. The van der Waals surface area contributed by atoms with Crippen LogP contribution in [0.15, 0.2) is 30.5 Å². The van der Waals surface area contributed by atoms with E-state index in [1.54, 1.807) is 13.1 Å². The van der Waals surface area contributed by atoms with E-state index < -0.39 is 15.9 Å². The molecule has 0 aliphatic carbocycles. The number of hydrogen-bond donors (Lipinski definition) is 2. The number of amides is 1. The summed E-state index contributed by atoms with van der Waals surface area (Å²) in [5, 5.41) is 0.668. The van der Waals surface area contributed by atoms with Crippen molar-refractivity contribution in [2.75, 3.05) is 17.1 Å². The maximum Gasteiger partial charge on any atom is 0.251 e. The molecule has 9 heteroatoms. The first kappa shape index (κ1) is 15.9. The summed E-state index contributed by atoms with van der Waals surface area (Å²) in [5.41, 5.74) is 13.9. The minimum atomic E-state index is -3.29. The number of nitrogen functional groups attached to an aromatic ring is 1. The zero-order valence-electron chi connectivity index (χ0n) is 13.2. The molecule has 4 N–H and O–H groups in total. The van der Waals surface area contributed by atoms with Crippen molar-refractivity contribution in [3.63, 3.8) is 0 Å². The predicted molar refractivity (Wildman–Crippen MR) is 99.0 cm³/mol. The van der Waals surface area contributed by atoms with E-state index in [4.69, 9.17) is 11.5 Å². The first-order chi connectivity index (χ1) is 11.8. The second kappa shape index (κ2) is 5.17. The number of nitrogens with zero attached hydrogens (tertiary/aromatic N) is 2. The Balaban J connectivity index is 1.88. The zero-order valence-corrected chi connectivity index (χ0v) is 14.8. The lowest BCUT2D eigenvalue weighted by atomic mass is 10.1. The van der Waals surface area contributed by atoms with Crippen LogP contribution < -0.4 is 15.8 Å². The van der Waals surface area contributed by atoms with Crippen LogP contribution in [-0.2, 0) is 15.8 Å². The van der Waals surface area contributed by atoms with Gasteiger partial charge in [0.25, 0.3) is 5.91 Å². The molecule has 4 rings (SSSR count). The van der Waals surface area contributed by atoms with Crippen LogP contribution in [0.1, 0.15) is 15.9 Å². The number of primary amides is 1. The number of benzene rings is 1. The number of pyridine rings is 1. The van der Waals surface area contributed by atoms with E-state index in [0.717, 1.165) is 16.0 Å². The second-order valence-corrected chi connectivity index (χ2v) is 8.89. The highest BCUT2D eigenvalue weighted by Gasteiger charge is 2.30. The normalized spacial score (nSPS) is 15.5. The summed E-state index contributed by atoms with van der Waals surface area (Å²) in [6.45, 7) is 0. The van der Waals surface area contributed by atoms with Gasteiger partial charge in [-0.2, -0.15) is 0 Å². The van der Waals surface area contributed by atoms with Gasteiger partial charge < -0.3 is 11.5 Å². The maximum atomic E-state index is 12.0. The Labute approximate surface area is 147 Å². The highest BCUT2D eigenvalue weighted by atomic mass is 32.2. The molecule has 0 fully saturated rings. The van der Waals surface area contributed by atoms with Gasteiger partial charge in [-0.1, -0.05) is 6.07 Å². The van der Waals surface area contributed by atoms with Crippen molar-refractivity contribution < 1.29 is 13.2 Å². The molecule has 0 spiro atoms. The number of aromatic nitrogens is 1. The zero-order chi connectivity index (χ0) is 17.9. The number of anilines is 2. The highest BCUT2D eigenvalue weighted by molar-refractivity contribution is 7.92. The number of fused-ring (bicyclic) bond motifs is 2. The van der Waals surface area contributed by atoms with Gasteiger partial charge in [-0.3, -0.25) is 9.10 Å². The van der Waals surface area contributed by atoms with Crippen LogP contribution in [-0.4, -0.2) is 26.4 Å². The molecule has 128 valence electrons. The lowest BCUT2D eigenvalue weighted by Gasteiger charge is -2.10. The third-order valence-electron chi connectivity index (χ3n) is 4.31. The summed E-state index contributed by atoms with van der Waals surface area (Å²) in [6, 6.07) is 7.35. The summed E-state index contributed by atoms with van der Waals surface area (Å²) in [7, 11) is -1.74. The summed E-state index contributed by atoms with van der Waals surface area (Å²) >= 11 is 1.38. The van der Waals surface area contributed by atoms with Crippen LogP contribution >= 0.6 is 11.3 Å². The molecule has 25 heavy (non-hydrogen) atoms. The molecule has 1 aromatic carbocycles. The van der Waals surface area contributed by atoms with Crippen molar-refractivity contribution in [2.45, 2.75) is 5.75 Å². The number of carbonyl (C=O) groups is 1. The summed E-state index contributed by atoms with van der Waals surface area (Å²) in [6.07, 6.45) is 1.38. The maximum absolute atomic E-state index is 12.0. The Morgan fingerprint density at radius 3 is 2.80 bits per heavy atom. The standard InChI is InChI=1S/C16H14N4O3S2/c1-20-12-3-2-8(4-9(12)7-25(20,22)23)13-5-10-14(24-13)11(16(18)21)6-19-15(10)17/h2-6H,7H2,1H3,(H2,17,19)(H2,18,21). The molecule has 2 aromatic heterocycles. The van der Waals surface area contributed by atoms with E-state index in [-0.39, 0.29) is 5.75 Å². The van der Waals surface area contributed by atoms with Gasteiger partial charge in [-0.15, -0.1) is 11.3 Å².